The quantitative estimate of drug-likeness (QED) is 0.664. The molecule has 0 bridgehead atoms. The van der Waals surface area contributed by atoms with Crippen molar-refractivity contribution in [3.63, 3.8) is 0 Å². The first kappa shape index (κ1) is 10.5. The topological polar surface area (TPSA) is 0 Å². The van der Waals surface area contributed by atoms with Crippen molar-refractivity contribution in [2.45, 2.75) is 0 Å². The minimum absolute atomic E-state index is 0.567. The van der Waals surface area contributed by atoms with Crippen molar-refractivity contribution in [3.8, 4) is 11.1 Å². The number of halogens is 2. The molecule has 0 amide bonds. The Labute approximate surface area is 99.5 Å². The van der Waals surface area contributed by atoms with Crippen LogP contribution in [-0.2, 0) is 0 Å². The Hall–Kier alpha value is -0.980. The molecule has 0 saturated carbocycles. The van der Waals surface area contributed by atoms with Crippen molar-refractivity contribution in [2.24, 2.45) is 0 Å². The first-order chi connectivity index (χ1) is 7.18. The third kappa shape index (κ3) is 2.17. The molecule has 0 heterocycles. The maximum Gasteiger partial charge on any atom is 0.0598 e. The normalized spacial score (nSPS) is 10.3. The molecule has 0 fully saturated rings. The van der Waals surface area contributed by atoms with Gasteiger partial charge in [-0.05, 0) is 35.7 Å². The van der Waals surface area contributed by atoms with Crippen LogP contribution >= 0.6 is 23.2 Å². The first-order valence-corrected chi connectivity index (χ1v) is 5.30. The smallest absolute Gasteiger partial charge is 0.0598 e. The molecular formula is C13H9Cl2. The van der Waals surface area contributed by atoms with Gasteiger partial charge in [0.2, 0.25) is 0 Å². The van der Waals surface area contributed by atoms with Crippen LogP contribution in [0.15, 0.2) is 42.5 Å². The molecule has 0 aliphatic heterocycles. The summed E-state index contributed by atoms with van der Waals surface area (Å²) in [6.07, 6.45) is 0. The molecule has 2 heteroatoms. The lowest BCUT2D eigenvalue weighted by molar-refractivity contribution is 1.56. The summed E-state index contributed by atoms with van der Waals surface area (Å²) < 4.78 is 0. The van der Waals surface area contributed by atoms with Crippen molar-refractivity contribution in [1.82, 2.24) is 0 Å². The second-order valence-corrected chi connectivity index (χ2v) is 4.10. The summed E-state index contributed by atoms with van der Waals surface area (Å²) in [6, 6.07) is 13.5. The van der Waals surface area contributed by atoms with Crippen LogP contribution < -0.4 is 0 Å². The van der Waals surface area contributed by atoms with E-state index in [0.29, 0.717) is 10.0 Å². The Kier molecular flexibility index (Phi) is 2.99. The van der Waals surface area contributed by atoms with E-state index in [-0.39, 0.29) is 0 Å². The minimum Gasteiger partial charge on any atom is -0.0827 e. The lowest BCUT2D eigenvalue weighted by atomic mass is 10.0. The van der Waals surface area contributed by atoms with Gasteiger partial charge in [-0.15, -0.1) is 0 Å². The molecular weight excluding hydrogens is 227 g/mol. The van der Waals surface area contributed by atoms with Gasteiger partial charge in [0.15, 0.2) is 0 Å². The molecule has 0 nitrogen and oxygen atoms in total. The number of hydrogen-bond donors (Lipinski definition) is 0. The molecule has 0 aromatic heterocycles. The van der Waals surface area contributed by atoms with Gasteiger partial charge in [-0.25, -0.2) is 0 Å². The zero-order valence-electron chi connectivity index (χ0n) is 8.00. The van der Waals surface area contributed by atoms with Crippen LogP contribution in [0.1, 0.15) is 5.56 Å². The summed E-state index contributed by atoms with van der Waals surface area (Å²) in [5.41, 5.74) is 3.10. The number of benzene rings is 2. The van der Waals surface area contributed by atoms with Crippen LogP contribution in [0.3, 0.4) is 0 Å². The molecule has 2 aromatic carbocycles. The Morgan fingerprint density at radius 3 is 2.27 bits per heavy atom. The first-order valence-electron chi connectivity index (χ1n) is 4.55. The highest BCUT2D eigenvalue weighted by atomic mass is 35.5. The molecule has 0 unspecified atom stereocenters. The van der Waals surface area contributed by atoms with E-state index < -0.39 is 0 Å². The van der Waals surface area contributed by atoms with Crippen LogP contribution in [0.4, 0.5) is 0 Å². The lowest BCUT2D eigenvalue weighted by Gasteiger charge is -2.06. The SMILES string of the molecule is [CH2]c1ccccc1-c1ccc(Cl)c(Cl)c1. The van der Waals surface area contributed by atoms with E-state index in [1.54, 1.807) is 6.07 Å². The fourth-order valence-corrected chi connectivity index (χ4v) is 1.76. The number of rotatable bonds is 1. The summed E-state index contributed by atoms with van der Waals surface area (Å²) in [7, 11) is 0. The Morgan fingerprint density at radius 1 is 0.867 bits per heavy atom. The zero-order chi connectivity index (χ0) is 10.8. The third-order valence-electron chi connectivity index (χ3n) is 2.25. The van der Waals surface area contributed by atoms with Gasteiger partial charge in [-0.3, -0.25) is 0 Å². The highest BCUT2D eigenvalue weighted by Gasteiger charge is 2.03. The predicted octanol–water partition coefficient (Wildman–Crippen LogP) is 4.84. The summed E-state index contributed by atoms with van der Waals surface area (Å²) in [4.78, 5) is 0. The van der Waals surface area contributed by atoms with Gasteiger partial charge in [0.1, 0.15) is 0 Å². The fraction of sp³-hybridized carbons (Fsp3) is 0. The van der Waals surface area contributed by atoms with E-state index in [1.165, 1.54) is 0 Å². The molecule has 0 N–H and O–H groups in total. The van der Waals surface area contributed by atoms with E-state index in [1.807, 2.05) is 36.4 Å². The van der Waals surface area contributed by atoms with Crippen molar-refractivity contribution in [3.05, 3.63) is 65.0 Å². The lowest BCUT2D eigenvalue weighted by Crippen LogP contribution is -1.82. The fourth-order valence-electron chi connectivity index (χ4n) is 1.47. The molecule has 2 aromatic rings. The molecule has 2 rings (SSSR count). The third-order valence-corrected chi connectivity index (χ3v) is 2.99. The molecule has 1 radical (unpaired) electrons. The van der Waals surface area contributed by atoms with E-state index in [9.17, 15) is 0 Å². The Bertz CT molecular complexity index is 490. The van der Waals surface area contributed by atoms with Gasteiger partial charge in [0.05, 0.1) is 10.0 Å². The van der Waals surface area contributed by atoms with Crippen molar-refractivity contribution in [1.29, 1.82) is 0 Å². The maximum atomic E-state index is 5.96. The summed E-state index contributed by atoms with van der Waals surface area (Å²) in [5.74, 6) is 0. The second-order valence-electron chi connectivity index (χ2n) is 3.29. The average molecular weight is 236 g/mol. The second kappa shape index (κ2) is 4.26. The molecule has 0 atom stereocenters. The number of hydrogen-bond acceptors (Lipinski definition) is 0. The molecule has 75 valence electrons. The summed E-state index contributed by atoms with van der Waals surface area (Å²) in [5, 5.41) is 1.14. The molecule has 0 spiro atoms. The van der Waals surface area contributed by atoms with Gasteiger partial charge in [0, 0.05) is 0 Å². The monoisotopic (exact) mass is 235 g/mol. The maximum absolute atomic E-state index is 5.96. The average Bonchev–Trinajstić information content (AvgIpc) is 2.23. The Morgan fingerprint density at radius 2 is 1.60 bits per heavy atom. The Balaban J connectivity index is 2.55. The van der Waals surface area contributed by atoms with Crippen molar-refractivity contribution in [2.75, 3.05) is 0 Å². The van der Waals surface area contributed by atoms with E-state index in [2.05, 4.69) is 6.92 Å². The largest absolute Gasteiger partial charge is 0.0827 e. The summed E-state index contributed by atoms with van der Waals surface area (Å²) >= 11 is 11.8. The van der Waals surface area contributed by atoms with Crippen molar-refractivity contribution >= 4 is 23.2 Å². The van der Waals surface area contributed by atoms with Gasteiger partial charge in [-0.1, -0.05) is 53.5 Å². The van der Waals surface area contributed by atoms with Gasteiger partial charge in [-0.2, -0.15) is 0 Å². The van der Waals surface area contributed by atoms with Crippen LogP contribution in [-0.4, -0.2) is 0 Å². The van der Waals surface area contributed by atoms with Crippen LogP contribution in [0.25, 0.3) is 11.1 Å². The molecule has 0 aliphatic carbocycles. The van der Waals surface area contributed by atoms with Gasteiger partial charge < -0.3 is 0 Å². The van der Waals surface area contributed by atoms with Crippen molar-refractivity contribution < 1.29 is 0 Å². The van der Waals surface area contributed by atoms with Gasteiger partial charge in [0.25, 0.3) is 0 Å². The van der Waals surface area contributed by atoms with Crippen LogP contribution in [0.5, 0.6) is 0 Å². The standard InChI is InChI=1S/C13H9Cl2/c1-9-4-2-3-5-11(9)10-6-7-12(14)13(15)8-10/h2-8H,1H2. The highest BCUT2D eigenvalue weighted by molar-refractivity contribution is 6.42. The van der Waals surface area contributed by atoms with E-state index in [0.717, 1.165) is 16.7 Å². The van der Waals surface area contributed by atoms with Crippen LogP contribution in [0.2, 0.25) is 10.0 Å². The summed E-state index contributed by atoms with van der Waals surface area (Å²) in [6.45, 7) is 3.97. The molecule has 15 heavy (non-hydrogen) atoms. The van der Waals surface area contributed by atoms with Gasteiger partial charge >= 0.3 is 0 Å². The highest BCUT2D eigenvalue weighted by Crippen LogP contribution is 2.29. The van der Waals surface area contributed by atoms with E-state index >= 15 is 0 Å². The molecule has 0 saturated heterocycles. The van der Waals surface area contributed by atoms with Crippen LogP contribution in [0, 0.1) is 6.92 Å². The zero-order valence-corrected chi connectivity index (χ0v) is 9.52. The minimum atomic E-state index is 0.567. The molecule has 0 aliphatic rings. The predicted molar refractivity (Wildman–Crippen MR) is 66.4 cm³/mol. The van der Waals surface area contributed by atoms with E-state index in [4.69, 9.17) is 23.2 Å².